The van der Waals surface area contributed by atoms with Gasteiger partial charge in [-0.15, -0.1) is 0 Å². The highest BCUT2D eigenvalue weighted by atomic mass is 35.5. The summed E-state index contributed by atoms with van der Waals surface area (Å²) < 4.78 is 22.0. The number of H-pyrrole nitrogens is 1. The molecule has 4 heterocycles. The molecule has 2 aromatic carbocycles. The van der Waals surface area contributed by atoms with Gasteiger partial charge in [0.2, 0.25) is 6.23 Å². The van der Waals surface area contributed by atoms with Gasteiger partial charge in [0.25, 0.3) is 0 Å². The summed E-state index contributed by atoms with van der Waals surface area (Å²) in [6.07, 6.45) is 6.42. The Labute approximate surface area is 181 Å². The summed E-state index contributed by atoms with van der Waals surface area (Å²) in [6, 6.07) is 6.94. The maximum absolute atomic E-state index is 14.6. The van der Waals surface area contributed by atoms with Gasteiger partial charge in [-0.3, -0.25) is 0 Å². The van der Waals surface area contributed by atoms with Gasteiger partial charge in [0.05, 0.1) is 28.8 Å². The van der Waals surface area contributed by atoms with Crippen molar-refractivity contribution in [1.29, 1.82) is 0 Å². The third-order valence-electron chi connectivity index (χ3n) is 6.00. The second-order valence-electron chi connectivity index (χ2n) is 7.83. The molecule has 4 aromatic rings. The van der Waals surface area contributed by atoms with Gasteiger partial charge < -0.3 is 14.3 Å². The van der Waals surface area contributed by atoms with Gasteiger partial charge in [0.1, 0.15) is 11.5 Å². The van der Waals surface area contributed by atoms with Crippen LogP contribution in [-0.4, -0.2) is 32.9 Å². The van der Waals surface area contributed by atoms with E-state index in [-0.39, 0.29) is 18.3 Å². The molecule has 2 atom stereocenters. The number of nitrogens with zero attached hydrogens (tertiary/aromatic N) is 3. The smallest absolute Gasteiger partial charge is 0.357 e. The molecule has 2 aromatic heterocycles. The molecule has 31 heavy (non-hydrogen) atoms. The molecule has 0 saturated heterocycles. The Bertz CT molecular complexity index is 1470. The Kier molecular flexibility index (Phi) is 3.86. The van der Waals surface area contributed by atoms with Gasteiger partial charge in [-0.05, 0) is 48.4 Å². The van der Waals surface area contributed by atoms with E-state index < -0.39 is 12.2 Å². The van der Waals surface area contributed by atoms with Crippen molar-refractivity contribution in [3.05, 3.63) is 76.0 Å². The fourth-order valence-corrected chi connectivity index (χ4v) is 4.74. The molecule has 154 valence electrons. The largest absolute Gasteiger partial charge is 0.434 e. The first-order valence-electron chi connectivity index (χ1n) is 9.86. The Morgan fingerprint density at radius 3 is 3.03 bits per heavy atom. The van der Waals surface area contributed by atoms with Crippen molar-refractivity contribution >= 4 is 45.7 Å². The zero-order valence-corrected chi connectivity index (χ0v) is 17.2. The van der Waals surface area contributed by atoms with Crippen LogP contribution in [0.2, 0.25) is 5.02 Å². The van der Waals surface area contributed by atoms with Crippen LogP contribution in [0.15, 0.2) is 47.7 Å². The van der Waals surface area contributed by atoms with Gasteiger partial charge in [-0.2, -0.15) is 0 Å². The SMILES string of the molecule is Cc1cc2c3c(n(Cc4cc5[nH]cnc5cc4Cl)c2cc1F)C(=O)OC1N=CC=CC31. The number of aromatic nitrogens is 3. The highest BCUT2D eigenvalue weighted by Crippen LogP contribution is 2.42. The fourth-order valence-electron chi connectivity index (χ4n) is 4.52. The number of benzene rings is 2. The number of aliphatic imine (C=N–C) groups is 1. The van der Waals surface area contributed by atoms with Crippen LogP contribution in [0.25, 0.3) is 21.9 Å². The summed E-state index contributed by atoms with van der Waals surface area (Å²) in [4.78, 5) is 24.7. The fraction of sp³-hybridized carbons (Fsp3) is 0.174. The quantitative estimate of drug-likeness (QED) is 0.457. The molecule has 0 fully saturated rings. The average molecular weight is 435 g/mol. The van der Waals surface area contributed by atoms with Crippen molar-refractivity contribution < 1.29 is 13.9 Å². The summed E-state index contributed by atoms with van der Waals surface area (Å²) in [7, 11) is 0. The predicted molar refractivity (Wildman–Crippen MR) is 116 cm³/mol. The first-order chi connectivity index (χ1) is 15.0. The molecule has 2 aliphatic heterocycles. The number of aryl methyl sites for hydroxylation is 1. The minimum Gasteiger partial charge on any atom is -0.434 e. The van der Waals surface area contributed by atoms with E-state index in [2.05, 4.69) is 15.0 Å². The zero-order valence-electron chi connectivity index (χ0n) is 16.4. The molecule has 6 rings (SSSR count). The third-order valence-corrected chi connectivity index (χ3v) is 6.35. The molecule has 8 heteroatoms. The lowest BCUT2D eigenvalue weighted by molar-refractivity contribution is 0.0227. The van der Waals surface area contributed by atoms with Crippen LogP contribution >= 0.6 is 11.6 Å². The van der Waals surface area contributed by atoms with Gasteiger partial charge >= 0.3 is 5.97 Å². The molecule has 0 radical (unpaired) electrons. The maximum Gasteiger partial charge on any atom is 0.357 e. The lowest BCUT2D eigenvalue weighted by Gasteiger charge is -2.29. The minimum atomic E-state index is -0.612. The van der Waals surface area contributed by atoms with Crippen molar-refractivity contribution in [2.24, 2.45) is 4.99 Å². The van der Waals surface area contributed by atoms with Gasteiger partial charge in [-0.25, -0.2) is 19.2 Å². The second kappa shape index (κ2) is 6.52. The number of halogens is 2. The van der Waals surface area contributed by atoms with E-state index in [0.29, 0.717) is 21.8 Å². The highest BCUT2D eigenvalue weighted by molar-refractivity contribution is 6.32. The number of allylic oxidation sites excluding steroid dienone is 1. The predicted octanol–water partition coefficient (Wildman–Crippen LogP) is 4.89. The molecule has 2 aliphatic rings. The number of imidazole rings is 1. The number of hydrogen-bond donors (Lipinski definition) is 1. The van der Waals surface area contributed by atoms with Crippen LogP contribution in [0.3, 0.4) is 0 Å². The normalized spacial score (nSPS) is 19.6. The second-order valence-corrected chi connectivity index (χ2v) is 8.24. The van der Waals surface area contributed by atoms with Crippen LogP contribution in [0, 0.1) is 12.7 Å². The monoisotopic (exact) mass is 434 g/mol. The number of hydrogen-bond acceptors (Lipinski definition) is 4. The molecule has 0 saturated carbocycles. The van der Waals surface area contributed by atoms with Gasteiger partial charge in [0, 0.05) is 28.7 Å². The zero-order chi connectivity index (χ0) is 21.3. The first kappa shape index (κ1) is 18.3. The minimum absolute atomic E-state index is 0.225. The molecule has 6 nitrogen and oxygen atoms in total. The number of nitrogens with one attached hydrogen (secondary N) is 1. The summed E-state index contributed by atoms with van der Waals surface area (Å²) in [5.41, 5.74) is 4.72. The van der Waals surface area contributed by atoms with Crippen LogP contribution in [0.1, 0.15) is 33.1 Å². The van der Waals surface area contributed by atoms with E-state index >= 15 is 0 Å². The number of dihydropyridines is 1. The van der Waals surface area contributed by atoms with E-state index in [1.165, 1.54) is 6.07 Å². The highest BCUT2D eigenvalue weighted by Gasteiger charge is 2.40. The van der Waals surface area contributed by atoms with Crippen molar-refractivity contribution in [2.75, 3.05) is 0 Å². The molecule has 0 amide bonds. The van der Waals surface area contributed by atoms with E-state index in [1.54, 1.807) is 36.2 Å². The van der Waals surface area contributed by atoms with Crippen molar-refractivity contribution in [3.63, 3.8) is 0 Å². The lowest BCUT2D eigenvalue weighted by atomic mass is 9.90. The number of carbonyl (C=O) groups is 1. The van der Waals surface area contributed by atoms with Crippen molar-refractivity contribution in [2.45, 2.75) is 25.6 Å². The number of carbonyl (C=O) groups excluding carboxylic acids is 1. The van der Waals surface area contributed by atoms with Crippen LogP contribution < -0.4 is 0 Å². The van der Waals surface area contributed by atoms with Gasteiger partial charge in [-0.1, -0.05) is 17.7 Å². The van der Waals surface area contributed by atoms with Crippen LogP contribution in [0.4, 0.5) is 4.39 Å². The van der Waals surface area contributed by atoms with E-state index in [0.717, 1.165) is 27.5 Å². The average Bonchev–Trinajstić information content (AvgIpc) is 3.32. The van der Waals surface area contributed by atoms with E-state index in [1.807, 2.05) is 18.2 Å². The number of esters is 1. The number of fused-ring (bicyclic) bond motifs is 6. The Balaban J connectivity index is 1.62. The standard InChI is InChI=1S/C23H16ClFN4O2/c1-11-5-14-19(8-16(11)25)29(9-12-6-17-18(7-15(12)24)28-10-27-17)21-20(14)13-3-2-4-26-22(13)31-23(21)30/h2-8,10,13,22H,9H2,1H3,(H,27,28). The number of aromatic amines is 1. The summed E-state index contributed by atoms with van der Waals surface area (Å²) >= 11 is 6.53. The van der Waals surface area contributed by atoms with Gasteiger partial charge in [0.15, 0.2) is 0 Å². The van der Waals surface area contributed by atoms with E-state index in [4.69, 9.17) is 16.3 Å². The molecule has 2 unspecified atom stereocenters. The molecular weight excluding hydrogens is 419 g/mol. The molecule has 0 bridgehead atoms. The summed E-state index contributed by atoms with van der Waals surface area (Å²) in [5, 5.41) is 1.34. The topological polar surface area (TPSA) is 72.3 Å². The number of ether oxygens (including phenoxy) is 1. The molecule has 1 N–H and O–H groups in total. The summed E-state index contributed by atoms with van der Waals surface area (Å²) in [5.74, 6) is -1.03. The van der Waals surface area contributed by atoms with Crippen LogP contribution in [0.5, 0.6) is 0 Å². The molecule has 0 aliphatic carbocycles. The number of rotatable bonds is 2. The maximum atomic E-state index is 14.6. The first-order valence-corrected chi connectivity index (χ1v) is 10.2. The van der Waals surface area contributed by atoms with Crippen LogP contribution in [-0.2, 0) is 11.3 Å². The lowest BCUT2D eigenvalue weighted by Crippen LogP contribution is -2.32. The Morgan fingerprint density at radius 2 is 2.16 bits per heavy atom. The van der Waals surface area contributed by atoms with E-state index in [9.17, 15) is 9.18 Å². The molecule has 0 spiro atoms. The summed E-state index contributed by atoms with van der Waals surface area (Å²) in [6.45, 7) is 2.00. The Morgan fingerprint density at radius 1 is 1.29 bits per heavy atom. The van der Waals surface area contributed by atoms with Crippen molar-refractivity contribution in [3.8, 4) is 0 Å². The Hall–Kier alpha value is -3.45. The third kappa shape index (κ3) is 2.66. The van der Waals surface area contributed by atoms with Crippen molar-refractivity contribution in [1.82, 2.24) is 14.5 Å². The molecular formula is C23H16ClFN4O2.